The fraction of sp³-hybridized carbons (Fsp3) is 0.538. The van der Waals surface area contributed by atoms with Crippen LogP contribution in [0.3, 0.4) is 0 Å². The van der Waals surface area contributed by atoms with Crippen molar-refractivity contribution in [2.24, 2.45) is 0 Å². The molecule has 0 radical (unpaired) electrons. The van der Waals surface area contributed by atoms with E-state index < -0.39 is 20.7 Å². The maximum absolute atomic E-state index is 14.3. The smallest absolute Gasteiger partial charge is 0.246 e. The van der Waals surface area contributed by atoms with Crippen molar-refractivity contribution in [2.45, 2.75) is 37.0 Å². The molecule has 1 aromatic rings. The van der Waals surface area contributed by atoms with Crippen LogP contribution in [0, 0.1) is 5.82 Å². The third kappa shape index (κ3) is 3.52. The molecular formula is C13H17BrClFN2O2S. The Morgan fingerprint density at radius 2 is 1.71 bits per heavy atom. The molecule has 1 saturated heterocycles. The lowest BCUT2D eigenvalue weighted by molar-refractivity contribution is 0.362. The van der Waals surface area contributed by atoms with Crippen molar-refractivity contribution in [1.29, 1.82) is 0 Å². The van der Waals surface area contributed by atoms with Crippen molar-refractivity contribution in [1.82, 2.24) is 4.31 Å². The molecule has 0 saturated carbocycles. The Bertz CT molecular complexity index is 632. The van der Waals surface area contributed by atoms with Crippen LogP contribution in [0.5, 0.6) is 0 Å². The summed E-state index contributed by atoms with van der Waals surface area (Å²) >= 11 is 8.96. The molecule has 1 heterocycles. The Labute approximate surface area is 137 Å². The molecule has 1 fully saturated rings. The van der Waals surface area contributed by atoms with Crippen LogP contribution in [-0.4, -0.2) is 25.8 Å². The Balaban J connectivity index is 2.43. The van der Waals surface area contributed by atoms with Crippen molar-refractivity contribution in [3.05, 3.63) is 21.4 Å². The third-order valence-corrected chi connectivity index (χ3v) is 6.87. The van der Waals surface area contributed by atoms with E-state index in [1.165, 1.54) is 4.31 Å². The van der Waals surface area contributed by atoms with Crippen molar-refractivity contribution in [3.8, 4) is 0 Å². The largest absolute Gasteiger partial charge is 0.395 e. The second kappa shape index (κ2) is 6.81. The summed E-state index contributed by atoms with van der Waals surface area (Å²) in [6.07, 6.45) is 4.63. The van der Waals surface area contributed by atoms with Gasteiger partial charge < -0.3 is 5.73 Å². The maximum atomic E-state index is 14.3. The molecule has 21 heavy (non-hydrogen) atoms. The third-order valence-electron chi connectivity index (χ3n) is 3.59. The van der Waals surface area contributed by atoms with Gasteiger partial charge in [0.15, 0.2) is 5.82 Å². The lowest BCUT2D eigenvalue weighted by atomic mass is 10.1. The summed E-state index contributed by atoms with van der Waals surface area (Å²) in [6, 6.07) is 1.12. The number of sulfonamides is 1. The minimum Gasteiger partial charge on any atom is -0.395 e. The van der Waals surface area contributed by atoms with Crippen molar-refractivity contribution < 1.29 is 12.8 Å². The molecule has 0 bridgehead atoms. The Morgan fingerprint density at radius 1 is 1.19 bits per heavy atom. The van der Waals surface area contributed by atoms with E-state index in [9.17, 15) is 12.8 Å². The van der Waals surface area contributed by atoms with Crippen molar-refractivity contribution >= 4 is 43.2 Å². The molecule has 4 nitrogen and oxygen atoms in total. The monoisotopic (exact) mass is 398 g/mol. The van der Waals surface area contributed by atoms with E-state index >= 15 is 0 Å². The van der Waals surface area contributed by atoms with Crippen LogP contribution in [-0.2, 0) is 10.0 Å². The van der Waals surface area contributed by atoms with Gasteiger partial charge in [0.05, 0.1) is 15.2 Å². The number of benzene rings is 1. The van der Waals surface area contributed by atoms with Crippen LogP contribution in [0.4, 0.5) is 10.1 Å². The van der Waals surface area contributed by atoms with E-state index in [0.717, 1.165) is 38.2 Å². The van der Waals surface area contributed by atoms with Crippen LogP contribution in [0.1, 0.15) is 32.1 Å². The molecule has 0 atom stereocenters. The lowest BCUT2D eigenvalue weighted by Gasteiger charge is -2.24. The van der Waals surface area contributed by atoms with Crippen LogP contribution in [0.15, 0.2) is 15.4 Å². The van der Waals surface area contributed by atoms with Gasteiger partial charge in [-0.15, -0.1) is 0 Å². The molecule has 1 aliphatic rings. The van der Waals surface area contributed by atoms with Gasteiger partial charge in [0, 0.05) is 13.1 Å². The fourth-order valence-electron chi connectivity index (χ4n) is 2.39. The highest BCUT2D eigenvalue weighted by atomic mass is 79.9. The van der Waals surface area contributed by atoms with Gasteiger partial charge in [-0.1, -0.05) is 30.9 Å². The summed E-state index contributed by atoms with van der Waals surface area (Å²) in [5, 5.41) is 0.0829. The van der Waals surface area contributed by atoms with Gasteiger partial charge >= 0.3 is 0 Å². The Morgan fingerprint density at radius 3 is 2.29 bits per heavy atom. The minimum absolute atomic E-state index is 0.0829. The summed E-state index contributed by atoms with van der Waals surface area (Å²) in [5.74, 6) is -0.951. The number of nitrogens with two attached hydrogens (primary N) is 1. The van der Waals surface area contributed by atoms with Gasteiger partial charge in [0.2, 0.25) is 10.0 Å². The van der Waals surface area contributed by atoms with Crippen LogP contribution >= 0.6 is 27.5 Å². The van der Waals surface area contributed by atoms with Gasteiger partial charge in [-0.25, -0.2) is 12.8 Å². The predicted molar refractivity (Wildman–Crippen MR) is 85.4 cm³/mol. The second-order valence-corrected chi connectivity index (χ2v) is 8.18. The van der Waals surface area contributed by atoms with E-state index in [2.05, 4.69) is 15.9 Å². The quantitative estimate of drug-likeness (QED) is 0.608. The van der Waals surface area contributed by atoms with E-state index in [0.29, 0.717) is 13.1 Å². The number of nitrogens with zero attached hydrogens (tertiary/aromatic N) is 1. The fourth-order valence-corrected chi connectivity index (χ4v) is 4.57. The Kier molecular flexibility index (Phi) is 5.51. The van der Waals surface area contributed by atoms with Crippen LogP contribution in [0.25, 0.3) is 0 Å². The van der Waals surface area contributed by atoms with Crippen LogP contribution in [0.2, 0.25) is 5.02 Å². The first-order chi connectivity index (χ1) is 9.85. The standard InChI is InChI=1S/C13H17BrClFN2O2S/c14-11-9(15)8-10(12(16)13(11)17)21(19,20)18-6-4-2-1-3-5-7-18/h8H,1-7,17H2. The topological polar surface area (TPSA) is 63.4 Å². The normalized spacial score (nSPS) is 18.2. The van der Waals surface area contributed by atoms with Crippen molar-refractivity contribution in [2.75, 3.05) is 18.8 Å². The van der Waals surface area contributed by atoms with Crippen molar-refractivity contribution in [3.63, 3.8) is 0 Å². The highest BCUT2D eigenvalue weighted by molar-refractivity contribution is 9.10. The summed E-state index contributed by atoms with van der Waals surface area (Å²) in [5.41, 5.74) is 5.29. The minimum atomic E-state index is -3.92. The molecule has 2 N–H and O–H groups in total. The molecule has 0 aliphatic carbocycles. The van der Waals surface area contributed by atoms with Gasteiger partial charge in [-0.3, -0.25) is 0 Å². The lowest BCUT2D eigenvalue weighted by Crippen LogP contribution is -2.34. The number of halogens is 3. The van der Waals surface area contributed by atoms with Crippen LogP contribution < -0.4 is 5.73 Å². The van der Waals surface area contributed by atoms with Gasteiger partial charge in [-0.2, -0.15) is 4.31 Å². The van der Waals surface area contributed by atoms with Gasteiger partial charge in [0.25, 0.3) is 0 Å². The zero-order valence-corrected chi connectivity index (χ0v) is 14.6. The number of nitrogen functional groups attached to an aromatic ring is 1. The first-order valence-electron chi connectivity index (χ1n) is 6.79. The first-order valence-corrected chi connectivity index (χ1v) is 9.40. The predicted octanol–water partition coefficient (Wildman–Crippen LogP) is 3.78. The number of anilines is 1. The molecule has 1 aliphatic heterocycles. The molecule has 0 unspecified atom stereocenters. The molecule has 0 spiro atoms. The summed E-state index contributed by atoms with van der Waals surface area (Å²) in [7, 11) is -3.92. The average molecular weight is 400 g/mol. The SMILES string of the molecule is Nc1c(F)c(S(=O)(=O)N2CCCCCCC2)cc(Cl)c1Br. The molecule has 1 aromatic carbocycles. The second-order valence-electron chi connectivity index (χ2n) is 5.07. The zero-order chi connectivity index (χ0) is 15.6. The highest BCUT2D eigenvalue weighted by Crippen LogP contribution is 2.36. The molecule has 8 heteroatoms. The first kappa shape index (κ1) is 17.0. The number of hydrogen-bond donors (Lipinski definition) is 1. The van der Waals surface area contributed by atoms with Gasteiger partial charge in [0.1, 0.15) is 4.90 Å². The average Bonchev–Trinajstić information content (AvgIpc) is 2.39. The van der Waals surface area contributed by atoms with E-state index in [1.807, 2.05) is 0 Å². The van der Waals surface area contributed by atoms with Gasteiger partial charge in [-0.05, 0) is 34.8 Å². The molecule has 118 valence electrons. The summed E-state index contributed by atoms with van der Waals surface area (Å²) in [6.45, 7) is 0.796. The maximum Gasteiger partial charge on any atom is 0.246 e. The highest BCUT2D eigenvalue weighted by Gasteiger charge is 2.30. The number of rotatable bonds is 2. The number of hydrogen-bond acceptors (Lipinski definition) is 3. The molecule has 2 rings (SSSR count). The zero-order valence-electron chi connectivity index (χ0n) is 11.4. The summed E-state index contributed by atoms with van der Waals surface area (Å²) in [4.78, 5) is -0.450. The molecule has 0 amide bonds. The Hall–Kier alpha value is -0.370. The van der Waals surface area contributed by atoms with E-state index in [-0.39, 0.29) is 15.2 Å². The molecular weight excluding hydrogens is 383 g/mol. The van der Waals surface area contributed by atoms with E-state index in [1.54, 1.807) is 0 Å². The van der Waals surface area contributed by atoms with E-state index in [4.69, 9.17) is 17.3 Å². The molecule has 0 aromatic heterocycles. The summed E-state index contributed by atoms with van der Waals surface area (Å²) < 4.78 is 41.0.